The molecular weight excluding hydrogens is 271 g/mol. The highest BCUT2D eigenvalue weighted by molar-refractivity contribution is 6.27. The summed E-state index contributed by atoms with van der Waals surface area (Å²) in [5.41, 5.74) is 0.450. The zero-order valence-corrected chi connectivity index (χ0v) is 11.0. The Morgan fingerprint density at radius 3 is 2.68 bits per heavy atom. The van der Waals surface area contributed by atoms with Gasteiger partial charge >= 0.3 is 0 Å². The van der Waals surface area contributed by atoms with E-state index in [1.807, 2.05) is 0 Å². The second-order valence-electron chi connectivity index (χ2n) is 4.44. The molecule has 0 saturated carbocycles. The summed E-state index contributed by atoms with van der Waals surface area (Å²) in [7, 11) is 0. The first-order valence-electron chi connectivity index (χ1n) is 6.00. The average molecular weight is 285 g/mol. The monoisotopic (exact) mass is 284 g/mol. The van der Waals surface area contributed by atoms with E-state index in [0.29, 0.717) is 25.1 Å². The first kappa shape index (κ1) is 13.8. The van der Waals surface area contributed by atoms with Crippen molar-refractivity contribution in [1.29, 1.82) is 0 Å². The van der Waals surface area contributed by atoms with Gasteiger partial charge in [-0.2, -0.15) is 0 Å². The maximum Gasteiger partial charge on any atom is 0.253 e. The van der Waals surface area contributed by atoms with Crippen LogP contribution in [-0.2, 0) is 4.79 Å². The lowest BCUT2D eigenvalue weighted by molar-refractivity contribution is -0.119. The lowest BCUT2D eigenvalue weighted by Gasteiger charge is -2.17. The molecule has 1 heterocycles. The van der Waals surface area contributed by atoms with Crippen LogP contribution < -0.4 is 5.32 Å². The number of amides is 2. The minimum Gasteiger partial charge on any atom is -0.350 e. The van der Waals surface area contributed by atoms with E-state index in [0.717, 1.165) is 0 Å². The molecule has 0 spiro atoms. The van der Waals surface area contributed by atoms with Crippen LogP contribution >= 0.6 is 11.6 Å². The Bertz CT molecular complexity index is 478. The van der Waals surface area contributed by atoms with Crippen molar-refractivity contribution >= 4 is 23.4 Å². The molecule has 1 aliphatic rings. The quantitative estimate of drug-likeness (QED) is 0.853. The van der Waals surface area contributed by atoms with E-state index in [1.54, 1.807) is 4.90 Å². The zero-order chi connectivity index (χ0) is 13.8. The average Bonchev–Trinajstić information content (AvgIpc) is 2.87. The summed E-state index contributed by atoms with van der Waals surface area (Å²) in [6.07, 6.45) is 0.704. The summed E-state index contributed by atoms with van der Waals surface area (Å²) < 4.78 is 12.8. The Morgan fingerprint density at radius 2 is 2.05 bits per heavy atom. The highest BCUT2D eigenvalue weighted by Crippen LogP contribution is 2.14. The Morgan fingerprint density at radius 1 is 1.37 bits per heavy atom. The van der Waals surface area contributed by atoms with Crippen molar-refractivity contribution in [2.75, 3.05) is 19.0 Å². The molecule has 1 atom stereocenters. The van der Waals surface area contributed by atoms with Gasteiger partial charge in [-0.3, -0.25) is 9.59 Å². The van der Waals surface area contributed by atoms with E-state index in [-0.39, 0.29) is 29.6 Å². The number of halogens is 2. The molecule has 1 N–H and O–H groups in total. The molecule has 1 aromatic carbocycles. The maximum absolute atomic E-state index is 12.8. The third-order valence-electron chi connectivity index (χ3n) is 3.05. The standard InChI is InChI=1S/C13H14ClFN2O2/c14-7-12(18)16-11-5-6-17(8-11)13(19)9-1-3-10(15)4-2-9/h1-4,11H,5-8H2,(H,16,18)/t11-/m0/s1. The van der Waals surface area contributed by atoms with Gasteiger partial charge in [0.05, 0.1) is 0 Å². The summed E-state index contributed by atoms with van der Waals surface area (Å²) in [6, 6.07) is 5.38. The minimum atomic E-state index is -0.370. The molecule has 0 radical (unpaired) electrons. The highest BCUT2D eigenvalue weighted by Gasteiger charge is 2.27. The molecule has 102 valence electrons. The number of alkyl halides is 1. The fraction of sp³-hybridized carbons (Fsp3) is 0.385. The molecule has 1 aliphatic heterocycles. The number of hydrogen-bond donors (Lipinski definition) is 1. The van der Waals surface area contributed by atoms with E-state index in [2.05, 4.69) is 5.32 Å². The topological polar surface area (TPSA) is 49.4 Å². The van der Waals surface area contributed by atoms with Gasteiger partial charge in [0.25, 0.3) is 5.91 Å². The zero-order valence-electron chi connectivity index (χ0n) is 10.2. The van der Waals surface area contributed by atoms with E-state index >= 15 is 0 Å². The number of nitrogens with zero attached hydrogens (tertiary/aromatic N) is 1. The van der Waals surface area contributed by atoms with Gasteiger partial charge in [0.2, 0.25) is 5.91 Å². The molecule has 0 aromatic heterocycles. The van der Waals surface area contributed by atoms with Crippen LogP contribution in [0.3, 0.4) is 0 Å². The highest BCUT2D eigenvalue weighted by atomic mass is 35.5. The van der Waals surface area contributed by atoms with Gasteiger partial charge in [0, 0.05) is 24.7 Å². The molecule has 19 heavy (non-hydrogen) atoms. The van der Waals surface area contributed by atoms with Gasteiger partial charge in [-0.15, -0.1) is 11.6 Å². The predicted molar refractivity (Wildman–Crippen MR) is 69.6 cm³/mol. The van der Waals surface area contributed by atoms with E-state index in [4.69, 9.17) is 11.6 Å². The molecule has 0 bridgehead atoms. The summed E-state index contributed by atoms with van der Waals surface area (Å²) >= 11 is 5.41. The number of benzene rings is 1. The van der Waals surface area contributed by atoms with Crippen LogP contribution in [0, 0.1) is 5.82 Å². The van der Waals surface area contributed by atoms with Crippen molar-refractivity contribution in [3.05, 3.63) is 35.6 Å². The van der Waals surface area contributed by atoms with Crippen LogP contribution in [0.25, 0.3) is 0 Å². The fourth-order valence-corrected chi connectivity index (χ4v) is 2.18. The molecule has 0 aliphatic carbocycles. The van der Waals surface area contributed by atoms with Crippen molar-refractivity contribution in [3.63, 3.8) is 0 Å². The molecule has 1 aromatic rings. The maximum atomic E-state index is 12.8. The third-order valence-corrected chi connectivity index (χ3v) is 3.30. The Labute approximate surface area is 115 Å². The van der Waals surface area contributed by atoms with Gasteiger partial charge in [-0.1, -0.05) is 0 Å². The van der Waals surface area contributed by atoms with Gasteiger partial charge in [0.1, 0.15) is 11.7 Å². The lowest BCUT2D eigenvalue weighted by atomic mass is 10.2. The normalized spacial score (nSPS) is 18.4. The van der Waals surface area contributed by atoms with E-state index in [1.165, 1.54) is 24.3 Å². The van der Waals surface area contributed by atoms with E-state index < -0.39 is 0 Å². The lowest BCUT2D eigenvalue weighted by Crippen LogP contribution is -2.39. The molecule has 1 fully saturated rings. The molecular formula is C13H14ClFN2O2. The fourth-order valence-electron chi connectivity index (χ4n) is 2.10. The third kappa shape index (κ3) is 3.44. The van der Waals surface area contributed by atoms with Gasteiger partial charge in [-0.05, 0) is 30.7 Å². The first-order valence-corrected chi connectivity index (χ1v) is 6.54. The van der Waals surface area contributed by atoms with Crippen LogP contribution in [0.2, 0.25) is 0 Å². The summed E-state index contributed by atoms with van der Waals surface area (Å²) in [5, 5.41) is 2.75. The number of likely N-dealkylation sites (tertiary alicyclic amines) is 1. The van der Waals surface area contributed by atoms with Gasteiger partial charge in [0.15, 0.2) is 0 Å². The van der Waals surface area contributed by atoms with E-state index in [9.17, 15) is 14.0 Å². The Balaban J connectivity index is 1.95. The summed E-state index contributed by atoms with van der Waals surface area (Å²) in [4.78, 5) is 24.9. The largest absolute Gasteiger partial charge is 0.350 e. The van der Waals surface area contributed by atoms with Crippen molar-refractivity contribution in [2.45, 2.75) is 12.5 Å². The number of carbonyl (C=O) groups excluding carboxylic acids is 2. The number of rotatable bonds is 3. The number of nitrogens with one attached hydrogen (secondary N) is 1. The minimum absolute atomic E-state index is 0.0596. The van der Waals surface area contributed by atoms with Crippen LogP contribution in [-0.4, -0.2) is 41.7 Å². The van der Waals surface area contributed by atoms with Gasteiger partial charge in [-0.25, -0.2) is 4.39 Å². The second-order valence-corrected chi connectivity index (χ2v) is 4.71. The smallest absolute Gasteiger partial charge is 0.253 e. The number of hydrogen-bond acceptors (Lipinski definition) is 2. The van der Waals surface area contributed by atoms with Crippen molar-refractivity contribution in [1.82, 2.24) is 10.2 Å². The van der Waals surface area contributed by atoms with Gasteiger partial charge < -0.3 is 10.2 Å². The SMILES string of the molecule is O=C(CCl)N[C@H]1CCN(C(=O)c2ccc(F)cc2)C1. The predicted octanol–water partition coefficient (Wildman–Crippen LogP) is 1.40. The molecule has 1 saturated heterocycles. The summed E-state index contributed by atoms with van der Waals surface area (Å²) in [6.45, 7) is 1.03. The van der Waals surface area contributed by atoms with Crippen molar-refractivity contribution in [2.24, 2.45) is 0 Å². The van der Waals surface area contributed by atoms with Crippen LogP contribution in [0.4, 0.5) is 4.39 Å². The van der Waals surface area contributed by atoms with Crippen molar-refractivity contribution < 1.29 is 14.0 Å². The molecule has 6 heteroatoms. The second kappa shape index (κ2) is 6.02. The van der Waals surface area contributed by atoms with Crippen molar-refractivity contribution in [3.8, 4) is 0 Å². The molecule has 0 unspecified atom stereocenters. The van der Waals surface area contributed by atoms with Crippen LogP contribution in [0.1, 0.15) is 16.8 Å². The molecule has 2 amide bonds. The first-order chi connectivity index (χ1) is 9.10. The Hall–Kier alpha value is -1.62. The van der Waals surface area contributed by atoms with Crippen LogP contribution in [0.15, 0.2) is 24.3 Å². The molecule has 4 nitrogen and oxygen atoms in total. The molecule has 2 rings (SSSR count). The summed E-state index contributed by atoms with van der Waals surface area (Å²) in [5.74, 6) is -0.835. The van der Waals surface area contributed by atoms with Crippen LogP contribution in [0.5, 0.6) is 0 Å². The Kier molecular flexibility index (Phi) is 4.37. The number of carbonyl (C=O) groups is 2.